The molecule has 0 aliphatic rings. The molecule has 0 aliphatic heterocycles. The van der Waals surface area contributed by atoms with Gasteiger partial charge in [0.1, 0.15) is 0 Å². The van der Waals surface area contributed by atoms with Crippen molar-refractivity contribution in [3.05, 3.63) is 29.5 Å². The van der Waals surface area contributed by atoms with Crippen LogP contribution in [0.2, 0.25) is 0 Å². The summed E-state index contributed by atoms with van der Waals surface area (Å²) in [4.78, 5) is 4.58. The molecular weight excluding hydrogens is 336 g/mol. The van der Waals surface area contributed by atoms with Gasteiger partial charge in [-0.05, 0) is 18.1 Å². The smallest absolute Gasteiger partial charge is 0.206 e. The van der Waals surface area contributed by atoms with Crippen molar-refractivity contribution < 1.29 is 4.42 Å². The van der Waals surface area contributed by atoms with Gasteiger partial charge in [-0.2, -0.15) is 0 Å². The van der Waals surface area contributed by atoms with Crippen LogP contribution in [-0.4, -0.2) is 21.7 Å². The van der Waals surface area contributed by atoms with Gasteiger partial charge in [-0.3, -0.25) is 0 Å². The molecule has 0 unspecified atom stereocenters. The topological polar surface area (TPSA) is 63.8 Å². The van der Waals surface area contributed by atoms with Crippen LogP contribution in [0.25, 0.3) is 10.8 Å². The first-order valence-corrected chi connectivity index (χ1v) is 9.57. The number of thiazole rings is 1. The molecule has 3 aromatic rings. The van der Waals surface area contributed by atoms with Crippen LogP contribution in [0.4, 0.5) is 5.13 Å². The minimum atomic E-state index is 0.593. The van der Waals surface area contributed by atoms with Crippen LogP contribution in [0.1, 0.15) is 19.5 Å². The molecule has 8 heteroatoms. The number of aromatic nitrogens is 3. The van der Waals surface area contributed by atoms with Crippen LogP contribution in [-0.2, 0) is 5.75 Å². The molecule has 0 spiro atoms. The number of anilines is 1. The standard InChI is InChI=1S/C14H16N4OS3/c1-9(2)6-15-13-17-18-14(22-13)21-8-10-7-20-12(16-10)11-4-3-5-19-11/h3-5,7,9H,6,8H2,1-2H3,(H,15,17). The Kier molecular flexibility index (Phi) is 5.12. The van der Waals surface area contributed by atoms with Gasteiger partial charge in [0.05, 0.1) is 12.0 Å². The summed E-state index contributed by atoms with van der Waals surface area (Å²) in [5, 5.41) is 15.5. The fourth-order valence-corrected chi connectivity index (χ4v) is 4.20. The van der Waals surface area contributed by atoms with E-state index >= 15 is 0 Å². The van der Waals surface area contributed by atoms with Gasteiger partial charge in [0.2, 0.25) is 5.13 Å². The van der Waals surface area contributed by atoms with Gasteiger partial charge < -0.3 is 9.73 Å². The third-order valence-electron chi connectivity index (χ3n) is 2.70. The summed E-state index contributed by atoms with van der Waals surface area (Å²) in [6.07, 6.45) is 1.66. The second kappa shape index (κ2) is 7.26. The van der Waals surface area contributed by atoms with Crippen molar-refractivity contribution in [2.75, 3.05) is 11.9 Å². The SMILES string of the molecule is CC(C)CNc1nnc(SCc2csc(-c3ccco3)n2)s1. The number of nitrogens with one attached hydrogen (secondary N) is 1. The predicted molar refractivity (Wildman–Crippen MR) is 92.6 cm³/mol. The van der Waals surface area contributed by atoms with Gasteiger partial charge in [0.15, 0.2) is 15.1 Å². The lowest BCUT2D eigenvalue weighted by Crippen LogP contribution is -2.07. The molecule has 0 aromatic carbocycles. The van der Waals surface area contributed by atoms with Crippen molar-refractivity contribution in [1.82, 2.24) is 15.2 Å². The van der Waals surface area contributed by atoms with E-state index in [-0.39, 0.29) is 0 Å². The van der Waals surface area contributed by atoms with Crippen LogP contribution in [0, 0.1) is 5.92 Å². The highest BCUT2D eigenvalue weighted by Crippen LogP contribution is 2.30. The Labute approximate surface area is 141 Å². The van der Waals surface area contributed by atoms with Gasteiger partial charge in [-0.25, -0.2) is 4.98 Å². The lowest BCUT2D eigenvalue weighted by atomic mass is 10.2. The Morgan fingerprint density at radius 2 is 2.27 bits per heavy atom. The maximum absolute atomic E-state index is 5.36. The molecular formula is C14H16N4OS3. The molecule has 0 saturated carbocycles. The van der Waals surface area contributed by atoms with Crippen molar-refractivity contribution in [2.24, 2.45) is 5.92 Å². The molecule has 0 atom stereocenters. The molecule has 22 heavy (non-hydrogen) atoms. The van der Waals surface area contributed by atoms with Crippen LogP contribution in [0.3, 0.4) is 0 Å². The van der Waals surface area contributed by atoms with E-state index < -0.39 is 0 Å². The zero-order valence-corrected chi connectivity index (χ0v) is 14.7. The molecule has 0 bridgehead atoms. The van der Waals surface area contributed by atoms with E-state index in [1.807, 2.05) is 12.1 Å². The van der Waals surface area contributed by atoms with E-state index in [9.17, 15) is 0 Å². The molecule has 3 aromatic heterocycles. The normalized spacial score (nSPS) is 11.2. The van der Waals surface area contributed by atoms with Gasteiger partial charge in [0.25, 0.3) is 0 Å². The molecule has 3 heterocycles. The monoisotopic (exact) mass is 352 g/mol. The molecule has 1 N–H and O–H groups in total. The van der Waals surface area contributed by atoms with Crippen LogP contribution in [0.15, 0.2) is 32.5 Å². The summed E-state index contributed by atoms with van der Waals surface area (Å²) in [5.41, 5.74) is 1.04. The van der Waals surface area contributed by atoms with Crippen molar-refractivity contribution in [2.45, 2.75) is 23.9 Å². The van der Waals surface area contributed by atoms with Gasteiger partial charge in [-0.15, -0.1) is 21.5 Å². The summed E-state index contributed by atoms with van der Waals surface area (Å²) in [7, 11) is 0. The number of furan rings is 1. The van der Waals surface area contributed by atoms with E-state index in [1.54, 1.807) is 40.7 Å². The molecule has 5 nitrogen and oxygen atoms in total. The molecule has 3 rings (SSSR count). The zero-order valence-electron chi connectivity index (χ0n) is 12.3. The first-order valence-electron chi connectivity index (χ1n) is 6.89. The average Bonchev–Trinajstić information content (AvgIpc) is 3.23. The summed E-state index contributed by atoms with van der Waals surface area (Å²) < 4.78 is 6.31. The molecule has 0 saturated heterocycles. The van der Waals surface area contributed by atoms with E-state index in [0.717, 1.165) is 38.2 Å². The third kappa shape index (κ3) is 4.08. The summed E-state index contributed by atoms with van der Waals surface area (Å²) in [5.74, 6) is 2.20. The Morgan fingerprint density at radius 3 is 3.05 bits per heavy atom. The maximum Gasteiger partial charge on any atom is 0.206 e. The number of nitrogens with zero attached hydrogens (tertiary/aromatic N) is 3. The van der Waals surface area contributed by atoms with E-state index in [0.29, 0.717) is 5.92 Å². The lowest BCUT2D eigenvalue weighted by molar-refractivity contribution is 0.581. The quantitative estimate of drug-likeness (QED) is 0.626. The first kappa shape index (κ1) is 15.5. The fourth-order valence-electron chi connectivity index (χ4n) is 1.65. The Balaban J connectivity index is 1.54. The maximum atomic E-state index is 5.36. The largest absolute Gasteiger partial charge is 0.462 e. The van der Waals surface area contributed by atoms with Gasteiger partial charge in [-0.1, -0.05) is 36.9 Å². The Morgan fingerprint density at radius 1 is 1.36 bits per heavy atom. The third-order valence-corrected chi connectivity index (χ3v) is 5.65. The zero-order chi connectivity index (χ0) is 15.4. The second-order valence-corrected chi connectivity index (χ2v) is 8.12. The Bertz CT molecular complexity index is 705. The molecule has 116 valence electrons. The van der Waals surface area contributed by atoms with Gasteiger partial charge >= 0.3 is 0 Å². The number of hydrogen-bond donors (Lipinski definition) is 1. The summed E-state index contributed by atoms with van der Waals surface area (Å²) in [6.45, 7) is 5.25. The highest BCUT2D eigenvalue weighted by Gasteiger charge is 2.09. The lowest BCUT2D eigenvalue weighted by Gasteiger charge is -2.03. The summed E-state index contributed by atoms with van der Waals surface area (Å²) in [6, 6.07) is 3.80. The van der Waals surface area contributed by atoms with Crippen LogP contribution >= 0.6 is 34.4 Å². The number of thioether (sulfide) groups is 1. The van der Waals surface area contributed by atoms with Crippen molar-refractivity contribution in [3.63, 3.8) is 0 Å². The fraction of sp³-hybridized carbons (Fsp3) is 0.357. The van der Waals surface area contributed by atoms with E-state index in [2.05, 4.69) is 39.7 Å². The molecule has 0 aliphatic carbocycles. The highest BCUT2D eigenvalue weighted by molar-refractivity contribution is 8.00. The average molecular weight is 353 g/mol. The minimum Gasteiger partial charge on any atom is -0.462 e. The summed E-state index contributed by atoms with van der Waals surface area (Å²) >= 11 is 4.84. The predicted octanol–water partition coefficient (Wildman–Crippen LogP) is 4.61. The molecule has 0 fully saturated rings. The minimum absolute atomic E-state index is 0.593. The van der Waals surface area contributed by atoms with Crippen molar-refractivity contribution in [1.29, 1.82) is 0 Å². The first-order chi connectivity index (χ1) is 10.7. The van der Waals surface area contributed by atoms with Crippen molar-refractivity contribution in [3.8, 4) is 10.8 Å². The second-order valence-electron chi connectivity index (χ2n) is 5.06. The molecule has 0 amide bonds. The number of rotatable bonds is 7. The van der Waals surface area contributed by atoms with Gasteiger partial charge in [0, 0.05) is 17.7 Å². The highest BCUT2D eigenvalue weighted by atomic mass is 32.2. The van der Waals surface area contributed by atoms with Crippen LogP contribution < -0.4 is 5.32 Å². The Hall–Kier alpha value is -1.38. The van der Waals surface area contributed by atoms with Crippen molar-refractivity contribution >= 4 is 39.6 Å². The van der Waals surface area contributed by atoms with E-state index in [4.69, 9.17) is 4.42 Å². The van der Waals surface area contributed by atoms with E-state index in [1.165, 1.54) is 0 Å². The molecule has 0 radical (unpaired) electrons. The number of hydrogen-bond acceptors (Lipinski definition) is 8. The van der Waals surface area contributed by atoms with Crippen LogP contribution in [0.5, 0.6) is 0 Å².